The van der Waals surface area contributed by atoms with Crippen molar-refractivity contribution in [1.29, 1.82) is 0 Å². The fourth-order valence-corrected chi connectivity index (χ4v) is 3.99. The second-order valence-corrected chi connectivity index (χ2v) is 8.07. The van der Waals surface area contributed by atoms with Gasteiger partial charge in [0.2, 0.25) is 5.91 Å². The Labute approximate surface area is 171 Å². The minimum atomic E-state index is -0.538. The Kier molecular flexibility index (Phi) is 4.67. The van der Waals surface area contributed by atoms with Crippen LogP contribution < -0.4 is 5.32 Å². The predicted octanol–water partition coefficient (Wildman–Crippen LogP) is 4.87. The van der Waals surface area contributed by atoms with E-state index in [9.17, 15) is 9.59 Å². The molecule has 3 aromatic rings. The summed E-state index contributed by atoms with van der Waals surface area (Å²) < 4.78 is 2.66. The average Bonchev–Trinajstić information content (AvgIpc) is 2.99. The number of nitrogens with zero attached hydrogens (tertiary/aromatic N) is 2. The molecule has 1 aliphatic rings. The summed E-state index contributed by atoms with van der Waals surface area (Å²) in [5.41, 5.74) is 5.28. The van der Waals surface area contributed by atoms with Gasteiger partial charge in [0.25, 0.3) is 0 Å². The highest BCUT2D eigenvalue weighted by Crippen LogP contribution is 2.38. The van der Waals surface area contributed by atoms with Crippen LogP contribution in [0.2, 0.25) is 0 Å². The Morgan fingerprint density at radius 3 is 2.57 bits per heavy atom. The number of hydrogen-bond acceptors (Lipinski definition) is 3. The van der Waals surface area contributed by atoms with Gasteiger partial charge in [0.05, 0.1) is 17.3 Å². The molecule has 2 heterocycles. The van der Waals surface area contributed by atoms with E-state index in [1.807, 2.05) is 51.1 Å². The molecule has 0 saturated heterocycles. The summed E-state index contributed by atoms with van der Waals surface area (Å²) in [6.45, 7) is 5.96. The van der Waals surface area contributed by atoms with Crippen molar-refractivity contribution in [2.24, 2.45) is 0 Å². The van der Waals surface area contributed by atoms with Crippen LogP contribution in [0.15, 0.2) is 46.9 Å². The van der Waals surface area contributed by atoms with Gasteiger partial charge in [-0.2, -0.15) is 5.10 Å². The summed E-state index contributed by atoms with van der Waals surface area (Å²) in [6.07, 6.45) is 0.126. The summed E-state index contributed by atoms with van der Waals surface area (Å²) in [7, 11) is 0. The monoisotopic (exact) mass is 437 g/mol. The number of fused-ring (bicyclic) bond motifs is 1. The molecule has 0 aliphatic carbocycles. The summed E-state index contributed by atoms with van der Waals surface area (Å²) >= 11 is 3.39. The van der Waals surface area contributed by atoms with E-state index in [0.717, 1.165) is 32.5 Å². The number of aromatic nitrogens is 2. The van der Waals surface area contributed by atoms with Gasteiger partial charge in [-0.3, -0.25) is 9.59 Å². The van der Waals surface area contributed by atoms with E-state index in [-0.39, 0.29) is 18.1 Å². The maximum Gasteiger partial charge on any atom is 0.226 e. The number of ketones is 1. The number of carbonyl (C=O) groups excluding carboxylic acids is 2. The van der Waals surface area contributed by atoms with Crippen molar-refractivity contribution in [1.82, 2.24) is 9.78 Å². The zero-order valence-electron chi connectivity index (χ0n) is 15.9. The average molecular weight is 438 g/mol. The van der Waals surface area contributed by atoms with Crippen molar-refractivity contribution >= 4 is 33.4 Å². The van der Waals surface area contributed by atoms with Crippen LogP contribution >= 0.6 is 15.9 Å². The van der Waals surface area contributed by atoms with E-state index in [1.165, 1.54) is 0 Å². The van der Waals surface area contributed by atoms with Crippen molar-refractivity contribution in [2.45, 2.75) is 33.1 Å². The minimum Gasteiger partial charge on any atom is -0.310 e. The highest BCUT2D eigenvalue weighted by atomic mass is 79.9. The molecule has 28 heavy (non-hydrogen) atoms. The molecule has 1 N–H and O–H groups in total. The zero-order chi connectivity index (χ0) is 20.0. The van der Waals surface area contributed by atoms with Crippen LogP contribution in [0.3, 0.4) is 0 Å². The predicted molar refractivity (Wildman–Crippen MR) is 112 cm³/mol. The molecule has 1 amide bonds. The molecular weight excluding hydrogens is 418 g/mol. The second kappa shape index (κ2) is 7.02. The van der Waals surface area contributed by atoms with E-state index in [1.54, 1.807) is 16.8 Å². The highest BCUT2D eigenvalue weighted by Gasteiger charge is 2.36. The SMILES string of the molecule is Cc1cccc(-n2nc(C)c3c2NC(=O)C[C@H]3C(=O)c2ccc(Br)cc2)c1C. The number of Topliss-reactive ketones (excluding diaryl/α,β-unsaturated/α-hetero) is 1. The first-order valence-electron chi connectivity index (χ1n) is 9.12. The fraction of sp³-hybridized carbons (Fsp3) is 0.227. The van der Waals surface area contributed by atoms with E-state index in [0.29, 0.717) is 11.4 Å². The van der Waals surface area contributed by atoms with Gasteiger partial charge < -0.3 is 5.32 Å². The molecule has 142 valence electrons. The first-order chi connectivity index (χ1) is 13.4. The first-order valence-corrected chi connectivity index (χ1v) is 9.92. The highest BCUT2D eigenvalue weighted by molar-refractivity contribution is 9.10. The number of aryl methyl sites for hydroxylation is 2. The molecule has 0 bridgehead atoms. The summed E-state index contributed by atoms with van der Waals surface area (Å²) in [4.78, 5) is 25.7. The Morgan fingerprint density at radius 2 is 1.86 bits per heavy atom. The van der Waals surface area contributed by atoms with Crippen LogP contribution in [0.1, 0.15) is 45.1 Å². The summed E-state index contributed by atoms with van der Waals surface area (Å²) in [6, 6.07) is 13.2. The molecule has 1 atom stereocenters. The number of hydrogen-bond donors (Lipinski definition) is 1. The van der Waals surface area contributed by atoms with Crippen molar-refractivity contribution in [3.63, 3.8) is 0 Å². The Morgan fingerprint density at radius 1 is 1.14 bits per heavy atom. The Hall–Kier alpha value is -2.73. The summed E-state index contributed by atoms with van der Waals surface area (Å²) in [5.74, 6) is -0.177. The standard InChI is InChI=1S/C22H20BrN3O2/c1-12-5-4-6-18(13(12)2)26-22-20(14(3)25-26)17(11-19(27)24-22)21(28)15-7-9-16(23)10-8-15/h4-10,17H,11H2,1-3H3,(H,24,27)/t17-/m1/s1. The maximum absolute atomic E-state index is 13.2. The van der Waals surface area contributed by atoms with Crippen LogP contribution in [0.5, 0.6) is 0 Å². The largest absolute Gasteiger partial charge is 0.310 e. The number of amides is 1. The first kappa shape index (κ1) is 18.6. The van der Waals surface area contributed by atoms with Gasteiger partial charge in [0, 0.05) is 22.0 Å². The van der Waals surface area contributed by atoms with Gasteiger partial charge in [0.1, 0.15) is 5.82 Å². The number of nitrogens with one attached hydrogen (secondary N) is 1. The van der Waals surface area contributed by atoms with Crippen LogP contribution in [0.4, 0.5) is 5.82 Å². The van der Waals surface area contributed by atoms with E-state index in [2.05, 4.69) is 26.3 Å². The smallest absolute Gasteiger partial charge is 0.226 e. The number of anilines is 1. The number of halogens is 1. The third-order valence-electron chi connectivity index (χ3n) is 5.35. The van der Waals surface area contributed by atoms with Gasteiger partial charge in [0.15, 0.2) is 5.78 Å². The lowest BCUT2D eigenvalue weighted by Crippen LogP contribution is -2.28. The fourth-order valence-electron chi connectivity index (χ4n) is 3.73. The van der Waals surface area contributed by atoms with Crippen molar-refractivity contribution in [3.05, 3.63) is 74.9 Å². The molecule has 0 radical (unpaired) electrons. The minimum absolute atomic E-state index is 0.0628. The molecule has 5 nitrogen and oxygen atoms in total. The van der Waals surface area contributed by atoms with Crippen LogP contribution in [0.25, 0.3) is 5.69 Å². The lowest BCUT2D eigenvalue weighted by Gasteiger charge is -2.23. The van der Waals surface area contributed by atoms with Crippen LogP contribution in [0, 0.1) is 20.8 Å². The molecule has 0 fully saturated rings. The third-order valence-corrected chi connectivity index (χ3v) is 5.88. The third kappa shape index (κ3) is 3.07. The van der Waals surface area contributed by atoms with E-state index < -0.39 is 5.92 Å². The molecule has 1 aliphatic heterocycles. The number of benzene rings is 2. The topological polar surface area (TPSA) is 64.0 Å². The van der Waals surface area contributed by atoms with E-state index >= 15 is 0 Å². The molecule has 0 spiro atoms. The second-order valence-electron chi connectivity index (χ2n) is 7.15. The Balaban J connectivity index is 1.84. The van der Waals surface area contributed by atoms with Gasteiger partial charge in [-0.1, -0.05) is 40.2 Å². The molecule has 1 aromatic heterocycles. The normalized spacial score (nSPS) is 15.9. The van der Waals surface area contributed by atoms with Crippen molar-refractivity contribution in [3.8, 4) is 5.69 Å². The molecule has 6 heteroatoms. The van der Waals surface area contributed by atoms with Gasteiger partial charge >= 0.3 is 0 Å². The van der Waals surface area contributed by atoms with Gasteiger partial charge in [-0.25, -0.2) is 4.68 Å². The lowest BCUT2D eigenvalue weighted by atomic mass is 9.85. The molecular formula is C22H20BrN3O2. The number of carbonyl (C=O) groups is 2. The lowest BCUT2D eigenvalue weighted by molar-refractivity contribution is -0.116. The summed E-state index contributed by atoms with van der Waals surface area (Å²) in [5, 5.41) is 7.62. The molecule has 0 unspecified atom stereocenters. The quantitative estimate of drug-likeness (QED) is 0.594. The van der Waals surface area contributed by atoms with Crippen LogP contribution in [-0.4, -0.2) is 21.5 Å². The van der Waals surface area contributed by atoms with E-state index in [4.69, 9.17) is 0 Å². The molecule has 0 saturated carbocycles. The van der Waals surface area contributed by atoms with Crippen molar-refractivity contribution in [2.75, 3.05) is 5.32 Å². The maximum atomic E-state index is 13.2. The Bertz CT molecular complexity index is 1100. The van der Waals surface area contributed by atoms with Gasteiger partial charge in [-0.15, -0.1) is 0 Å². The van der Waals surface area contributed by atoms with Crippen molar-refractivity contribution < 1.29 is 9.59 Å². The zero-order valence-corrected chi connectivity index (χ0v) is 17.5. The van der Waals surface area contributed by atoms with Gasteiger partial charge in [-0.05, 0) is 50.1 Å². The molecule has 2 aromatic carbocycles. The number of rotatable bonds is 3. The molecule has 4 rings (SSSR count). The van der Waals surface area contributed by atoms with Crippen LogP contribution in [-0.2, 0) is 4.79 Å².